The highest BCUT2D eigenvalue weighted by molar-refractivity contribution is 6.26. The fraction of sp³-hybridized carbons (Fsp3) is 0.0476. The third-order valence-electron chi connectivity index (χ3n) is 8.98. The van der Waals surface area contributed by atoms with Crippen molar-refractivity contribution in [1.29, 1.82) is 0 Å². The minimum absolute atomic E-state index is 0.338. The Morgan fingerprint density at radius 1 is 0.388 bits per heavy atom. The van der Waals surface area contributed by atoms with Crippen LogP contribution in [0, 0.1) is 0 Å². The molecule has 0 radical (unpaired) electrons. The van der Waals surface area contributed by atoms with E-state index in [2.05, 4.69) is 35.1 Å². The van der Waals surface area contributed by atoms with E-state index in [1.54, 1.807) is 12.1 Å². The maximum atomic E-state index is 13.4. The summed E-state index contributed by atoms with van der Waals surface area (Å²) in [7, 11) is 0. The summed E-state index contributed by atoms with van der Waals surface area (Å²) in [4.78, 5) is 0. The first-order valence-electron chi connectivity index (χ1n) is 15.5. The molecule has 0 saturated heterocycles. The SMILES string of the molecule is FC(F)(F)Oc1ccc(-c2c3ccccc3c(-c3cc4ccccc4c4ccccc34)c3ccc(-c4ccc(C(F)(F)F)cc4)cc23)cc1. The van der Waals surface area contributed by atoms with Gasteiger partial charge < -0.3 is 4.74 Å². The van der Waals surface area contributed by atoms with Crippen LogP contribution in [0.1, 0.15) is 5.56 Å². The molecule has 8 rings (SSSR count). The van der Waals surface area contributed by atoms with Crippen molar-refractivity contribution in [1.82, 2.24) is 0 Å². The average Bonchev–Trinajstić information content (AvgIpc) is 3.09. The van der Waals surface area contributed by atoms with E-state index in [9.17, 15) is 26.3 Å². The van der Waals surface area contributed by atoms with Crippen molar-refractivity contribution in [3.8, 4) is 39.1 Å². The van der Waals surface area contributed by atoms with Gasteiger partial charge in [-0.05, 0) is 113 Å². The number of hydrogen-bond acceptors (Lipinski definition) is 1. The van der Waals surface area contributed by atoms with Gasteiger partial charge in [-0.1, -0.05) is 109 Å². The largest absolute Gasteiger partial charge is 0.573 e. The molecule has 8 aromatic rings. The molecule has 0 aliphatic rings. The van der Waals surface area contributed by atoms with E-state index in [4.69, 9.17) is 0 Å². The van der Waals surface area contributed by atoms with Crippen molar-refractivity contribution in [3.05, 3.63) is 151 Å². The summed E-state index contributed by atoms with van der Waals surface area (Å²) < 4.78 is 83.3. The Labute approximate surface area is 276 Å². The van der Waals surface area contributed by atoms with Gasteiger partial charge in [0.15, 0.2) is 0 Å². The third kappa shape index (κ3) is 5.51. The molecular formula is C42H24F6O. The van der Waals surface area contributed by atoms with Crippen molar-refractivity contribution in [2.24, 2.45) is 0 Å². The molecule has 240 valence electrons. The molecule has 0 spiro atoms. The van der Waals surface area contributed by atoms with Crippen molar-refractivity contribution >= 4 is 43.1 Å². The number of rotatable bonds is 4. The van der Waals surface area contributed by atoms with Crippen LogP contribution in [0.5, 0.6) is 5.75 Å². The molecule has 1 nitrogen and oxygen atoms in total. The van der Waals surface area contributed by atoms with Gasteiger partial charge in [-0.15, -0.1) is 13.2 Å². The quantitative estimate of drug-likeness (QED) is 0.104. The third-order valence-corrected chi connectivity index (χ3v) is 8.98. The molecule has 0 heterocycles. The fourth-order valence-electron chi connectivity index (χ4n) is 6.90. The lowest BCUT2D eigenvalue weighted by Gasteiger charge is -2.20. The zero-order valence-corrected chi connectivity index (χ0v) is 25.5. The number of hydrogen-bond donors (Lipinski definition) is 0. The number of benzene rings is 8. The normalized spacial score (nSPS) is 12.3. The lowest BCUT2D eigenvalue weighted by atomic mass is 9.83. The van der Waals surface area contributed by atoms with Crippen LogP contribution in [0.15, 0.2) is 146 Å². The lowest BCUT2D eigenvalue weighted by Crippen LogP contribution is -2.16. The van der Waals surface area contributed by atoms with Crippen molar-refractivity contribution in [3.63, 3.8) is 0 Å². The monoisotopic (exact) mass is 658 g/mol. The first kappa shape index (κ1) is 30.5. The Morgan fingerprint density at radius 3 is 1.57 bits per heavy atom. The van der Waals surface area contributed by atoms with Crippen LogP contribution in [-0.4, -0.2) is 6.36 Å². The van der Waals surface area contributed by atoms with Crippen LogP contribution < -0.4 is 4.74 Å². The van der Waals surface area contributed by atoms with Crippen LogP contribution in [0.3, 0.4) is 0 Å². The zero-order valence-electron chi connectivity index (χ0n) is 25.5. The van der Waals surface area contributed by atoms with Crippen LogP contribution in [0.2, 0.25) is 0 Å². The molecule has 0 bridgehead atoms. The zero-order chi connectivity index (χ0) is 33.9. The van der Waals surface area contributed by atoms with Gasteiger partial charge in [-0.25, -0.2) is 0 Å². The predicted octanol–water partition coefficient (Wildman–Crippen LogP) is 13.2. The predicted molar refractivity (Wildman–Crippen MR) is 184 cm³/mol. The summed E-state index contributed by atoms with van der Waals surface area (Å²) in [5.74, 6) is -0.338. The van der Waals surface area contributed by atoms with E-state index < -0.39 is 18.1 Å². The van der Waals surface area contributed by atoms with E-state index in [0.717, 1.165) is 71.9 Å². The Hall–Kier alpha value is -5.82. The summed E-state index contributed by atoms with van der Waals surface area (Å²) in [6.45, 7) is 0. The van der Waals surface area contributed by atoms with Gasteiger partial charge in [-0.3, -0.25) is 0 Å². The second-order valence-corrected chi connectivity index (χ2v) is 11.9. The first-order chi connectivity index (χ1) is 23.5. The Kier molecular flexibility index (Phi) is 7.10. The van der Waals surface area contributed by atoms with Gasteiger partial charge in [0.05, 0.1) is 5.56 Å². The minimum Gasteiger partial charge on any atom is -0.406 e. The molecule has 0 atom stereocenters. The smallest absolute Gasteiger partial charge is 0.406 e. The molecule has 0 aliphatic heterocycles. The topological polar surface area (TPSA) is 9.23 Å². The second kappa shape index (κ2) is 11.4. The molecule has 0 unspecified atom stereocenters. The second-order valence-electron chi connectivity index (χ2n) is 11.9. The van der Waals surface area contributed by atoms with E-state index in [0.29, 0.717) is 16.7 Å². The maximum Gasteiger partial charge on any atom is 0.573 e. The summed E-state index contributed by atoms with van der Waals surface area (Å²) in [5.41, 5.74) is 3.99. The molecule has 8 aromatic carbocycles. The molecule has 0 aliphatic carbocycles. The summed E-state index contributed by atoms with van der Waals surface area (Å²) in [5, 5.41) is 7.85. The highest BCUT2D eigenvalue weighted by atomic mass is 19.4. The molecule has 49 heavy (non-hydrogen) atoms. The van der Waals surface area contributed by atoms with E-state index in [-0.39, 0.29) is 5.75 Å². The first-order valence-corrected chi connectivity index (χ1v) is 15.5. The van der Waals surface area contributed by atoms with Crippen LogP contribution in [0.25, 0.3) is 76.5 Å². The lowest BCUT2D eigenvalue weighted by molar-refractivity contribution is -0.274. The van der Waals surface area contributed by atoms with Gasteiger partial charge in [0.1, 0.15) is 5.75 Å². The van der Waals surface area contributed by atoms with Gasteiger partial charge in [-0.2, -0.15) is 13.2 Å². The number of fused-ring (bicyclic) bond motifs is 5. The standard InChI is InChI=1S/C42H24F6O/c43-41(44,45)29-18-13-25(14-19-29)27-17-22-36-38(23-27)39(26-15-20-30(21-16-26)49-42(46,47)48)34-11-5-6-12-35(34)40(36)37-24-28-7-1-2-8-31(28)32-9-3-4-10-33(32)37/h1-24H. The number of halogens is 6. The van der Waals surface area contributed by atoms with E-state index in [1.165, 1.54) is 24.3 Å². The van der Waals surface area contributed by atoms with Gasteiger partial charge >= 0.3 is 12.5 Å². The molecular weight excluding hydrogens is 634 g/mol. The average molecular weight is 659 g/mol. The van der Waals surface area contributed by atoms with Crippen molar-refractivity contribution in [2.75, 3.05) is 0 Å². The Balaban J connectivity index is 1.46. The summed E-state index contributed by atoms with van der Waals surface area (Å²) >= 11 is 0. The number of alkyl halides is 6. The minimum atomic E-state index is -4.83. The summed E-state index contributed by atoms with van der Waals surface area (Å²) in [6.07, 6.45) is -9.30. The molecule has 0 aromatic heterocycles. The highest BCUT2D eigenvalue weighted by Gasteiger charge is 2.31. The Morgan fingerprint density at radius 2 is 0.918 bits per heavy atom. The molecule has 0 amide bonds. The fourth-order valence-corrected chi connectivity index (χ4v) is 6.90. The molecule has 7 heteroatoms. The van der Waals surface area contributed by atoms with Gasteiger partial charge in [0, 0.05) is 0 Å². The van der Waals surface area contributed by atoms with Crippen molar-refractivity contribution < 1.29 is 31.1 Å². The van der Waals surface area contributed by atoms with E-state index >= 15 is 0 Å². The van der Waals surface area contributed by atoms with Gasteiger partial charge in [0.2, 0.25) is 0 Å². The van der Waals surface area contributed by atoms with Gasteiger partial charge in [0.25, 0.3) is 0 Å². The van der Waals surface area contributed by atoms with Crippen molar-refractivity contribution in [2.45, 2.75) is 12.5 Å². The maximum absolute atomic E-state index is 13.4. The highest BCUT2D eigenvalue weighted by Crippen LogP contribution is 2.47. The molecule has 0 fully saturated rings. The van der Waals surface area contributed by atoms with Crippen LogP contribution in [0.4, 0.5) is 26.3 Å². The molecule has 0 N–H and O–H groups in total. The Bertz CT molecular complexity index is 2530. The number of ether oxygens (including phenoxy) is 1. The molecule has 0 saturated carbocycles. The van der Waals surface area contributed by atoms with Crippen LogP contribution in [-0.2, 0) is 6.18 Å². The van der Waals surface area contributed by atoms with Crippen LogP contribution >= 0.6 is 0 Å². The van der Waals surface area contributed by atoms with E-state index in [1.807, 2.05) is 66.7 Å². The summed E-state index contributed by atoms with van der Waals surface area (Å²) in [6, 6.07) is 43.1.